The lowest BCUT2D eigenvalue weighted by molar-refractivity contribution is -0.116. The van der Waals surface area contributed by atoms with Crippen LogP contribution in [0.3, 0.4) is 0 Å². The number of aromatic nitrogens is 2. The van der Waals surface area contributed by atoms with Gasteiger partial charge in [0, 0.05) is 12.0 Å². The highest BCUT2D eigenvalue weighted by atomic mass is 79.9. The second kappa shape index (κ2) is 6.54. The molecule has 118 valence electrons. The van der Waals surface area contributed by atoms with Gasteiger partial charge in [0.2, 0.25) is 0 Å². The largest absolute Gasteiger partial charge is 0.497 e. The SMILES string of the molecule is COc1ccc(-c2nc3cccc(Br)n3c2CCC(C)=O)cc1. The predicted molar refractivity (Wildman–Crippen MR) is 93.9 cm³/mol. The number of ketones is 1. The van der Waals surface area contributed by atoms with Crippen molar-refractivity contribution in [3.63, 3.8) is 0 Å². The number of hydrogen-bond donors (Lipinski definition) is 0. The van der Waals surface area contributed by atoms with Crippen molar-refractivity contribution >= 4 is 27.4 Å². The normalized spacial score (nSPS) is 10.9. The lowest BCUT2D eigenvalue weighted by Crippen LogP contribution is -2.00. The van der Waals surface area contributed by atoms with Gasteiger partial charge >= 0.3 is 0 Å². The molecule has 0 N–H and O–H groups in total. The Balaban J connectivity index is 2.15. The summed E-state index contributed by atoms with van der Waals surface area (Å²) < 4.78 is 8.20. The Hall–Kier alpha value is -2.14. The molecule has 0 unspecified atom stereocenters. The van der Waals surface area contributed by atoms with Crippen molar-refractivity contribution in [2.75, 3.05) is 7.11 Å². The van der Waals surface area contributed by atoms with Crippen molar-refractivity contribution in [2.24, 2.45) is 0 Å². The maximum atomic E-state index is 11.4. The summed E-state index contributed by atoms with van der Waals surface area (Å²) in [6, 6.07) is 13.7. The van der Waals surface area contributed by atoms with Crippen LogP contribution in [0.1, 0.15) is 19.0 Å². The summed E-state index contributed by atoms with van der Waals surface area (Å²) in [6.45, 7) is 1.62. The number of ether oxygens (including phenoxy) is 1. The lowest BCUT2D eigenvalue weighted by Gasteiger charge is -2.07. The summed E-state index contributed by atoms with van der Waals surface area (Å²) in [6.07, 6.45) is 1.15. The molecule has 0 amide bonds. The van der Waals surface area contributed by atoms with Gasteiger partial charge in [0.1, 0.15) is 17.2 Å². The fourth-order valence-electron chi connectivity index (χ4n) is 2.62. The van der Waals surface area contributed by atoms with Gasteiger partial charge in [-0.25, -0.2) is 4.98 Å². The molecule has 0 saturated heterocycles. The van der Waals surface area contributed by atoms with Crippen LogP contribution in [0.4, 0.5) is 0 Å². The van der Waals surface area contributed by atoms with E-state index in [4.69, 9.17) is 9.72 Å². The summed E-state index contributed by atoms with van der Waals surface area (Å²) in [5.74, 6) is 0.983. The molecule has 2 heterocycles. The van der Waals surface area contributed by atoms with Crippen LogP contribution in [0.15, 0.2) is 47.1 Å². The molecule has 0 aliphatic carbocycles. The Kier molecular flexibility index (Phi) is 4.48. The number of methoxy groups -OCH3 is 1. The molecular formula is C18H17BrN2O2. The molecule has 0 bridgehead atoms. The van der Waals surface area contributed by atoms with Crippen LogP contribution in [0.25, 0.3) is 16.9 Å². The molecule has 0 radical (unpaired) electrons. The molecule has 23 heavy (non-hydrogen) atoms. The number of nitrogens with zero attached hydrogens (tertiary/aromatic N) is 2. The zero-order chi connectivity index (χ0) is 16.4. The van der Waals surface area contributed by atoms with E-state index in [1.807, 2.05) is 42.5 Å². The molecule has 0 fully saturated rings. The number of halogens is 1. The Morgan fingerprint density at radius 2 is 1.96 bits per heavy atom. The third kappa shape index (κ3) is 3.15. The van der Waals surface area contributed by atoms with Crippen LogP contribution in [0.5, 0.6) is 5.75 Å². The highest BCUT2D eigenvalue weighted by Crippen LogP contribution is 2.29. The molecule has 0 saturated carbocycles. The number of Topliss-reactive ketones (excluding diaryl/α,β-unsaturated/α-hetero) is 1. The number of aryl methyl sites for hydroxylation is 1. The topological polar surface area (TPSA) is 43.6 Å². The molecule has 0 atom stereocenters. The fraction of sp³-hybridized carbons (Fsp3) is 0.222. The first-order valence-corrected chi connectivity index (χ1v) is 8.19. The van der Waals surface area contributed by atoms with Gasteiger partial charge in [-0.3, -0.25) is 4.40 Å². The van der Waals surface area contributed by atoms with Crippen molar-refractivity contribution in [1.29, 1.82) is 0 Å². The van der Waals surface area contributed by atoms with E-state index in [1.165, 1.54) is 0 Å². The van der Waals surface area contributed by atoms with E-state index < -0.39 is 0 Å². The maximum absolute atomic E-state index is 11.4. The van der Waals surface area contributed by atoms with E-state index in [0.717, 1.165) is 33.0 Å². The van der Waals surface area contributed by atoms with Gasteiger partial charge in [0.05, 0.1) is 23.1 Å². The van der Waals surface area contributed by atoms with Gasteiger partial charge in [0.15, 0.2) is 0 Å². The Bertz CT molecular complexity index is 853. The molecule has 5 heteroatoms. The Morgan fingerprint density at radius 3 is 2.61 bits per heavy atom. The standard InChI is InChI=1S/C18H17BrN2O2/c1-12(22)6-11-15-18(13-7-9-14(23-2)10-8-13)20-17-5-3-4-16(19)21(15)17/h3-5,7-10H,6,11H2,1-2H3. The van der Waals surface area contributed by atoms with Crippen molar-refractivity contribution in [3.05, 3.63) is 52.8 Å². The third-order valence-electron chi connectivity index (χ3n) is 3.77. The molecule has 0 aliphatic rings. The second-order valence-corrected chi connectivity index (χ2v) is 6.19. The number of carbonyl (C=O) groups excluding carboxylic acids is 1. The van der Waals surface area contributed by atoms with Crippen LogP contribution < -0.4 is 4.74 Å². The molecule has 3 rings (SSSR count). The minimum absolute atomic E-state index is 0.174. The number of rotatable bonds is 5. The summed E-state index contributed by atoms with van der Waals surface area (Å²) in [5, 5.41) is 0. The minimum atomic E-state index is 0.174. The number of imidazole rings is 1. The molecular weight excluding hydrogens is 356 g/mol. The van der Waals surface area contributed by atoms with E-state index in [0.29, 0.717) is 12.8 Å². The monoisotopic (exact) mass is 372 g/mol. The smallest absolute Gasteiger partial charge is 0.138 e. The average Bonchev–Trinajstić information content (AvgIpc) is 2.93. The van der Waals surface area contributed by atoms with Gasteiger partial charge in [-0.15, -0.1) is 0 Å². The third-order valence-corrected chi connectivity index (χ3v) is 4.39. The first kappa shape index (κ1) is 15.7. The molecule has 4 nitrogen and oxygen atoms in total. The molecule has 0 spiro atoms. The zero-order valence-electron chi connectivity index (χ0n) is 13.0. The van der Waals surface area contributed by atoms with Gasteiger partial charge < -0.3 is 9.53 Å². The van der Waals surface area contributed by atoms with Crippen molar-refractivity contribution in [3.8, 4) is 17.0 Å². The van der Waals surface area contributed by atoms with Crippen LogP contribution in [-0.4, -0.2) is 22.3 Å². The molecule has 3 aromatic rings. The Labute approximate surface area is 143 Å². The number of pyridine rings is 1. The van der Waals surface area contributed by atoms with Crippen LogP contribution >= 0.6 is 15.9 Å². The summed E-state index contributed by atoms with van der Waals surface area (Å²) in [4.78, 5) is 16.2. The predicted octanol–water partition coefficient (Wildman–Crippen LogP) is 4.29. The number of carbonyl (C=O) groups is 1. The second-order valence-electron chi connectivity index (χ2n) is 5.38. The summed E-state index contributed by atoms with van der Waals surface area (Å²) in [7, 11) is 1.65. The van der Waals surface area contributed by atoms with Crippen molar-refractivity contribution in [1.82, 2.24) is 9.38 Å². The molecule has 0 aliphatic heterocycles. The van der Waals surface area contributed by atoms with Crippen molar-refractivity contribution < 1.29 is 9.53 Å². The van der Waals surface area contributed by atoms with Gasteiger partial charge in [0.25, 0.3) is 0 Å². The average molecular weight is 373 g/mol. The minimum Gasteiger partial charge on any atom is -0.497 e. The van der Waals surface area contributed by atoms with Gasteiger partial charge in [-0.2, -0.15) is 0 Å². The fourth-order valence-corrected chi connectivity index (χ4v) is 3.16. The summed E-state index contributed by atoms with van der Waals surface area (Å²) >= 11 is 3.58. The number of hydrogen-bond acceptors (Lipinski definition) is 3. The highest BCUT2D eigenvalue weighted by Gasteiger charge is 2.16. The van der Waals surface area contributed by atoms with Crippen LogP contribution in [-0.2, 0) is 11.2 Å². The number of fused-ring (bicyclic) bond motifs is 1. The van der Waals surface area contributed by atoms with Crippen molar-refractivity contribution in [2.45, 2.75) is 19.8 Å². The molecule has 1 aromatic carbocycles. The molecule has 2 aromatic heterocycles. The first-order valence-electron chi connectivity index (χ1n) is 7.40. The van der Waals surface area contributed by atoms with E-state index in [1.54, 1.807) is 14.0 Å². The van der Waals surface area contributed by atoms with E-state index in [-0.39, 0.29) is 5.78 Å². The van der Waals surface area contributed by atoms with Crippen LogP contribution in [0, 0.1) is 0 Å². The highest BCUT2D eigenvalue weighted by molar-refractivity contribution is 9.10. The number of benzene rings is 1. The summed E-state index contributed by atoms with van der Waals surface area (Å²) in [5.41, 5.74) is 3.82. The van der Waals surface area contributed by atoms with E-state index >= 15 is 0 Å². The first-order chi connectivity index (χ1) is 11.1. The quantitative estimate of drug-likeness (QED) is 0.627. The van der Waals surface area contributed by atoms with Crippen LogP contribution in [0.2, 0.25) is 0 Å². The van der Waals surface area contributed by atoms with Gasteiger partial charge in [-0.05, 0) is 65.7 Å². The van der Waals surface area contributed by atoms with Gasteiger partial charge in [-0.1, -0.05) is 6.07 Å². The van der Waals surface area contributed by atoms with E-state index in [9.17, 15) is 4.79 Å². The van der Waals surface area contributed by atoms with E-state index in [2.05, 4.69) is 20.3 Å². The Morgan fingerprint density at radius 1 is 1.22 bits per heavy atom. The zero-order valence-corrected chi connectivity index (χ0v) is 14.6. The lowest BCUT2D eigenvalue weighted by atomic mass is 10.1. The maximum Gasteiger partial charge on any atom is 0.138 e.